The summed E-state index contributed by atoms with van der Waals surface area (Å²) in [5.74, 6) is 2.79. The summed E-state index contributed by atoms with van der Waals surface area (Å²) >= 11 is 0. The lowest BCUT2D eigenvalue weighted by Crippen LogP contribution is -2.59. The Kier molecular flexibility index (Phi) is 6.84. The number of hydrogen-bond donors (Lipinski definition) is 1. The van der Waals surface area contributed by atoms with Gasteiger partial charge in [-0.25, -0.2) is 13.1 Å². The summed E-state index contributed by atoms with van der Waals surface area (Å²) in [6, 6.07) is 11.1. The average Bonchev–Trinajstić information content (AvgIpc) is 2.82. The van der Waals surface area contributed by atoms with Crippen molar-refractivity contribution in [1.82, 2.24) is 4.72 Å². The predicted octanol–water partition coefficient (Wildman–Crippen LogP) is 4.78. The molecular formula is C29H37N3O6S. The molecule has 4 saturated carbocycles. The van der Waals surface area contributed by atoms with Crippen LogP contribution in [-0.2, 0) is 14.8 Å². The molecule has 7 rings (SSSR count). The summed E-state index contributed by atoms with van der Waals surface area (Å²) in [6.07, 6.45) is 6.28. The molecule has 0 radical (unpaired) electrons. The van der Waals surface area contributed by atoms with E-state index in [2.05, 4.69) is 4.72 Å². The highest BCUT2D eigenvalue weighted by molar-refractivity contribution is 7.89. The molecule has 9 nitrogen and oxygen atoms in total. The van der Waals surface area contributed by atoms with Crippen LogP contribution in [0.15, 0.2) is 41.3 Å². The smallest absolute Gasteiger partial charge is 0.296 e. The third kappa shape index (κ3) is 5.02. The van der Waals surface area contributed by atoms with Gasteiger partial charge in [0, 0.05) is 37.2 Å². The van der Waals surface area contributed by atoms with Crippen LogP contribution in [0.4, 0.5) is 11.4 Å². The van der Waals surface area contributed by atoms with E-state index in [0.717, 1.165) is 30.6 Å². The standard InChI is InChI=1S/C29H37N3O6S/c1-19-27(39(35,36)30-29-14-20-11-21(15-29)13-22(12-20)16-29)8-7-26(28(19)32(33)34)31-17-24(18-31)23-3-5-25(6-4-23)38-10-9-37-2/h3-8,20-22,24,30H,9-18H2,1-2H3. The fraction of sp³-hybridized carbons (Fsp3) is 0.586. The van der Waals surface area contributed by atoms with Crippen LogP contribution in [0.3, 0.4) is 0 Å². The minimum absolute atomic E-state index is 0.0230. The van der Waals surface area contributed by atoms with Gasteiger partial charge in [0.15, 0.2) is 0 Å². The molecular weight excluding hydrogens is 518 g/mol. The van der Waals surface area contributed by atoms with Crippen molar-refractivity contribution in [2.24, 2.45) is 17.8 Å². The van der Waals surface area contributed by atoms with Gasteiger partial charge in [0.1, 0.15) is 18.0 Å². The molecule has 5 aliphatic rings. The normalized spacial score (nSPS) is 27.9. The Bertz CT molecular complexity index is 1320. The van der Waals surface area contributed by atoms with Crippen molar-refractivity contribution in [2.75, 3.05) is 38.3 Å². The zero-order valence-electron chi connectivity index (χ0n) is 22.6. The molecule has 210 valence electrons. The number of nitro groups is 1. The van der Waals surface area contributed by atoms with Crippen LogP contribution in [0.1, 0.15) is 55.6 Å². The van der Waals surface area contributed by atoms with E-state index in [4.69, 9.17) is 9.47 Å². The maximum Gasteiger partial charge on any atom is 0.296 e. The molecule has 2 aromatic carbocycles. The molecule has 10 heteroatoms. The fourth-order valence-electron chi connectivity index (χ4n) is 7.98. The number of sulfonamides is 1. The Morgan fingerprint density at radius 3 is 2.18 bits per heavy atom. The highest BCUT2D eigenvalue weighted by Gasteiger charge is 2.52. The summed E-state index contributed by atoms with van der Waals surface area (Å²) in [4.78, 5) is 13.8. The van der Waals surface area contributed by atoms with Crippen LogP contribution in [0.25, 0.3) is 0 Å². The highest BCUT2D eigenvalue weighted by Crippen LogP contribution is 2.56. The van der Waals surface area contributed by atoms with Gasteiger partial charge in [0.25, 0.3) is 5.69 Å². The molecule has 5 fully saturated rings. The Balaban J connectivity index is 1.18. The summed E-state index contributed by atoms with van der Waals surface area (Å²) in [7, 11) is -2.27. The second-order valence-electron chi connectivity index (χ2n) is 12.1. The Labute approximate surface area is 230 Å². The first-order valence-corrected chi connectivity index (χ1v) is 15.4. The number of nitro benzene ring substituents is 1. The van der Waals surface area contributed by atoms with Gasteiger partial charge in [-0.05, 0) is 93.0 Å². The number of nitrogens with one attached hydrogen (secondary N) is 1. The van der Waals surface area contributed by atoms with E-state index in [1.165, 1.54) is 19.3 Å². The van der Waals surface area contributed by atoms with E-state index in [0.29, 0.717) is 49.7 Å². The number of hydrogen-bond acceptors (Lipinski definition) is 7. The van der Waals surface area contributed by atoms with Crippen molar-refractivity contribution < 1.29 is 22.8 Å². The summed E-state index contributed by atoms with van der Waals surface area (Å²) in [5, 5.41) is 12.2. The Morgan fingerprint density at radius 1 is 1.00 bits per heavy atom. The zero-order chi connectivity index (χ0) is 27.4. The van der Waals surface area contributed by atoms with Gasteiger partial charge in [-0.1, -0.05) is 12.1 Å². The Hall–Kier alpha value is -2.69. The molecule has 1 saturated heterocycles. The number of anilines is 1. The van der Waals surface area contributed by atoms with Crippen molar-refractivity contribution >= 4 is 21.4 Å². The topological polar surface area (TPSA) is 111 Å². The fourth-order valence-corrected chi connectivity index (χ4v) is 9.66. The molecule has 39 heavy (non-hydrogen) atoms. The SMILES string of the molecule is COCCOc1ccc(C2CN(c3ccc(S(=O)(=O)NC45CC6CC(CC(C6)C4)C5)c(C)c3[N+](=O)[O-])C2)cc1. The van der Waals surface area contributed by atoms with Crippen LogP contribution >= 0.6 is 0 Å². The van der Waals surface area contributed by atoms with Crippen LogP contribution in [0, 0.1) is 34.8 Å². The molecule has 0 amide bonds. The molecule has 1 N–H and O–H groups in total. The minimum Gasteiger partial charge on any atom is -0.491 e. The van der Waals surface area contributed by atoms with Crippen LogP contribution in [0.5, 0.6) is 5.75 Å². The lowest BCUT2D eigenvalue weighted by Gasteiger charge is -2.56. The first kappa shape index (κ1) is 26.5. The van der Waals surface area contributed by atoms with E-state index in [1.54, 1.807) is 26.2 Å². The first-order valence-electron chi connectivity index (χ1n) is 13.9. The third-order valence-electron chi connectivity index (χ3n) is 9.35. The lowest BCUT2D eigenvalue weighted by atomic mass is 9.53. The molecule has 4 bridgehead atoms. The maximum absolute atomic E-state index is 13.7. The summed E-state index contributed by atoms with van der Waals surface area (Å²) in [6.45, 7) is 3.83. The second kappa shape index (κ2) is 10.1. The minimum atomic E-state index is -3.90. The molecule has 0 spiro atoms. The van der Waals surface area contributed by atoms with E-state index < -0.39 is 20.5 Å². The van der Waals surface area contributed by atoms with Crippen molar-refractivity contribution in [3.63, 3.8) is 0 Å². The molecule has 0 atom stereocenters. The molecule has 1 heterocycles. The Morgan fingerprint density at radius 2 is 1.62 bits per heavy atom. The molecule has 4 aliphatic carbocycles. The second-order valence-corrected chi connectivity index (χ2v) is 13.8. The van der Waals surface area contributed by atoms with Gasteiger partial charge in [-0.3, -0.25) is 10.1 Å². The molecule has 2 aromatic rings. The van der Waals surface area contributed by atoms with E-state index >= 15 is 0 Å². The van der Waals surface area contributed by atoms with Gasteiger partial charge in [-0.2, -0.15) is 0 Å². The number of benzene rings is 2. The van der Waals surface area contributed by atoms with Gasteiger partial charge in [0.2, 0.25) is 10.0 Å². The number of rotatable bonds is 10. The monoisotopic (exact) mass is 555 g/mol. The van der Waals surface area contributed by atoms with Gasteiger partial charge in [-0.15, -0.1) is 0 Å². The zero-order valence-corrected chi connectivity index (χ0v) is 23.4. The molecule has 0 aromatic heterocycles. The molecule has 1 aliphatic heterocycles. The van der Waals surface area contributed by atoms with Crippen molar-refractivity contribution in [3.8, 4) is 5.75 Å². The number of ether oxygens (including phenoxy) is 2. The van der Waals surface area contributed by atoms with E-state index in [1.807, 2.05) is 29.2 Å². The van der Waals surface area contributed by atoms with Crippen LogP contribution < -0.4 is 14.4 Å². The van der Waals surface area contributed by atoms with Crippen molar-refractivity contribution in [2.45, 2.75) is 61.8 Å². The van der Waals surface area contributed by atoms with Gasteiger partial charge >= 0.3 is 0 Å². The van der Waals surface area contributed by atoms with E-state index in [-0.39, 0.29) is 22.1 Å². The first-order chi connectivity index (χ1) is 18.7. The number of nitrogens with zero attached hydrogens (tertiary/aromatic N) is 2. The van der Waals surface area contributed by atoms with Crippen LogP contribution in [-0.4, -0.2) is 52.3 Å². The lowest BCUT2D eigenvalue weighted by molar-refractivity contribution is -0.384. The van der Waals surface area contributed by atoms with Gasteiger partial charge in [0.05, 0.1) is 16.4 Å². The quantitative estimate of drug-likeness (QED) is 0.255. The summed E-state index contributed by atoms with van der Waals surface area (Å²) in [5.41, 5.74) is 1.30. The van der Waals surface area contributed by atoms with Crippen LogP contribution in [0.2, 0.25) is 0 Å². The predicted molar refractivity (Wildman–Crippen MR) is 148 cm³/mol. The van der Waals surface area contributed by atoms with Crippen molar-refractivity contribution in [3.05, 3.63) is 57.6 Å². The summed E-state index contributed by atoms with van der Waals surface area (Å²) < 4.78 is 41.0. The average molecular weight is 556 g/mol. The third-order valence-corrected chi connectivity index (χ3v) is 11.1. The van der Waals surface area contributed by atoms with E-state index in [9.17, 15) is 18.5 Å². The molecule has 0 unspecified atom stereocenters. The number of methoxy groups -OCH3 is 1. The maximum atomic E-state index is 13.7. The highest BCUT2D eigenvalue weighted by atomic mass is 32.2. The largest absolute Gasteiger partial charge is 0.491 e. The van der Waals surface area contributed by atoms with Crippen molar-refractivity contribution in [1.29, 1.82) is 0 Å². The van der Waals surface area contributed by atoms with Gasteiger partial charge < -0.3 is 14.4 Å².